The third-order valence-corrected chi connectivity index (χ3v) is 5.99. The fourth-order valence-electron chi connectivity index (χ4n) is 4.13. The molecular formula is C20H27BrN2O5. The molecule has 0 aliphatic carbocycles. The summed E-state index contributed by atoms with van der Waals surface area (Å²) in [6.45, 7) is 5.64. The summed E-state index contributed by atoms with van der Waals surface area (Å²) in [6.07, 6.45) is 1.03. The zero-order valence-electron chi connectivity index (χ0n) is 16.7. The van der Waals surface area contributed by atoms with Gasteiger partial charge < -0.3 is 14.7 Å². The molecule has 2 heterocycles. The molecule has 28 heavy (non-hydrogen) atoms. The topological polar surface area (TPSA) is 71.5 Å². The van der Waals surface area contributed by atoms with Gasteiger partial charge in [-0.1, -0.05) is 15.9 Å². The van der Waals surface area contributed by atoms with Crippen molar-refractivity contribution < 1.29 is 24.3 Å². The van der Waals surface area contributed by atoms with E-state index in [2.05, 4.69) is 15.9 Å². The third-order valence-electron chi connectivity index (χ3n) is 5.53. The van der Waals surface area contributed by atoms with Crippen LogP contribution in [0.4, 0.5) is 0 Å². The normalized spacial score (nSPS) is 19.9. The first-order valence-electron chi connectivity index (χ1n) is 9.32. The van der Waals surface area contributed by atoms with E-state index in [1.807, 2.05) is 31.0 Å². The number of aryl methyl sites for hydroxylation is 2. The van der Waals surface area contributed by atoms with Crippen LogP contribution in [-0.2, 0) is 19.2 Å². The van der Waals surface area contributed by atoms with Gasteiger partial charge in [-0.05, 0) is 55.5 Å². The third kappa shape index (κ3) is 3.59. The van der Waals surface area contributed by atoms with E-state index in [0.717, 1.165) is 21.2 Å². The maximum Gasteiger partial charge on any atom is 0.282 e. The van der Waals surface area contributed by atoms with E-state index in [1.54, 1.807) is 14.2 Å². The number of hydroxylamine groups is 4. The molecule has 2 aliphatic heterocycles. The van der Waals surface area contributed by atoms with E-state index in [0.29, 0.717) is 38.1 Å². The highest BCUT2D eigenvalue weighted by Gasteiger charge is 2.55. The number of methoxy groups -OCH3 is 1. The minimum absolute atomic E-state index is 0.0826. The first kappa shape index (κ1) is 21.3. The van der Waals surface area contributed by atoms with Crippen molar-refractivity contribution in [2.45, 2.75) is 32.2 Å². The highest BCUT2D eigenvalue weighted by molar-refractivity contribution is 9.10. The van der Waals surface area contributed by atoms with Gasteiger partial charge in [0.05, 0.1) is 25.9 Å². The standard InChI is InChI=1S/C20H27BrN2O5/c1-13-11-15(21)12-14(2)16(13)17-18(24)20(5-7-22(27-4)8-6-20)23(19(17)25)28-10-9-26-3/h11-12,24H,5-10H2,1-4H3. The number of aliphatic hydroxyl groups excluding tert-OH is 1. The average Bonchev–Trinajstić information content (AvgIpc) is 2.84. The number of benzene rings is 1. The van der Waals surface area contributed by atoms with E-state index in [9.17, 15) is 9.90 Å². The molecule has 0 radical (unpaired) electrons. The van der Waals surface area contributed by atoms with Crippen LogP contribution < -0.4 is 0 Å². The van der Waals surface area contributed by atoms with E-state index in [4.69, 9.17) is 14.4 Å². The summed E-state index contributed by atoms with van der Waals surface area (Å²) in [7, 11) is 3.21. The second-order valence-electron chi connectivity index (χ2n) is 7.21. The molecule has 1 fully saturated rings. The maximum atomic E-state index is 13.4. The summed E-state index contributed by atoms with van der Waals surface area (Å²) < 4.78 is 6.00. The van der Waals surface area contributed by atoms with E-state index < -0.39 is 5.54 Å². The molecule has 0 unspecified atom stereocenters. The van der Waals surface area contributed by atoms with Crippen LogP contribution in [-0.4, -0.2) is 67.2 Å². The van der Waals surface area contributed by atoms with Gasteiger partial charge in [-0.25, -0.2) is 5.06 Å². The Bertz CT molecular complexity index is 764. The molecule has 0 aromatic heterocycles. The van der Waals surface area contributed by atoms with E-state index >= 15 is 0 Å². The lowest BCUT2D eigenvalue weighted by Gasteiger charge is -2.42. The Morgan fingerprint density at radius 1 is 1.14 bits per heavy atom. The molecule has 1 spiro atoms. The van der Waals surface area contributed by atoms with E-state index in [1.165, 1.54) is 5.06 Å². The second-order valence-corrected chi connectivity index (χ2v) is 8.12. The predicted octanol–water partition coefficient (Wildman–Crippen LogP) is 3.15. The van der Waals surface area contributed by atoms with Crippen molar-refractivity contribution in [1.82, 2.24) is 10.1 Å². The minimum atomic E-state index is -0.888. The minimum Gasteiger partial charge on any atom is -0.509 e. The van der Waals surface area contributed by atoms with Gasteiger partial charge in [0, 0.05) is 24.7 Å². The molecule has 0 atom stereocenters. The largest absolute Gasteiger partial charge is 0.509 e. The van der Waals surface area contributed by atoms with Crippen LogP contribution in [0.3, 0.4) is 0 Å². The number of piperidine rings is 1. The molecule has 8 heteroatoms. The molecule has 0 saturated carbocycles. The number of rotatable bonds is 6. The number of nitrogens with zero attached hydrogens (tertiary/aromatic N) is 2. The van der Waals surface area contributed by atoms with Crippen LogP contribution in [0.25, 0.3) is 5.57 Å². The van der Waals surface area contributed by atoms with Gasteiger partial charge in [-0.3, -0.25) is 9.63 Å². The predicted molar refractivity (Wildman–Crippen MR) is 108 cm³/mol. The summed E-state index contributed by atoms with van der Waals surface area (Å²) in [5, 5.41) is 14.5. The smallest absolute Gasteiger partial charge is 0.282 e. The number of aliphatic hydroxyl groups is 1. The second kappa shape index (κ2) is 8.51. The van der Waals surface area contributed by atoms with Crippen LogP contribution in [0.1, 0.15) is 29.5 Å². The van der Waals surface area contributed by atoms with Crippen molar-refractivity contribution >= 4 is 27.4 Å². The molecule has 3 rings (SSSR count). The quantitative estimate of drug-likeness (QED) is 0.665. The number of hydrogen-bond acceptors (Lipinski definition) is 6. The highest BCUT2D eigenvalue weighted by atomic mass is 79.9. The summed E-state index contributed by atoms with van der Waals surface area (Å²) in [4.78, 5) is 24.6. The number of carbonyl (C=O) groups excluding carboxylic acids is 1. The first-order chi connectivity index (χ1) is 13.4. The van der Waals surface area contributed by atoms with Crippen LogP contribution in [0.15, 0.2) is 22.4 Å². The molecular weight excluding hydrogens is 428 g/mol. The zero-order valence-corrected chi connectivity index (χ0v) is 18.3. The summed E-state index contributed by atoms with van der Waals surface area (Å²) >= 11 is 3.49. The molecule has 2 aliphatic rings. The van der Waals surface area contributed by atoms with Crippen molar-refractivity contribution in [2.24, 2.45) is 0 Å². The monoisotopic (exact) mass is 454 g/mol. The lowest BCUT2D eigenvalue weighted by molar-refractivity contribution is -0.235. The van der Waals surface area contributed by atoms with Crippen LogP contribution >= 0.6 is 15.9 Å². The molecule has 1 N–H and O–H groups in total. The van der Waals surface area contributed by atoms with Gasteiger partial charge in [0.1, 0.15) is 11.3 Å². The Kier molecular flexibility index (Phi) is 6.46. The molecule has 1 aromatic carbocycles. The van der Waals surface area contributed by atoms with Crippen LogP contribution in [0, 0.1) is 13.8 Å². The van der Waals surface area contributed by atoms with Gasteiger partial charge in [0.2, 0.25) is 0 Å². The average molecular weight is 455 g/mol. The highest BCUT2D eigenvalue weighted by Crippen LogP contribution is 2.46. The Labute approximate surface area is 173 Å². The van der Waals surface area contributed by atoms with Crippen molar-refractivity contribution in [2.75, 3.05) is 40.5 Å². The lowest BCUT2D eigenvalue weighted by atomic mass is 9.85. The van der Waals surface area contributed by atoms with Gasteiger partial charge in [0.15, 0.2) is 0 Å². The van der Waals surface area contributed by atoms with Gasteiger partial charge in [-0.2, -0.15) is 5.06 Å². The fraction of sp³-hybridized carbons (Fsp3) is 0.550. The maximum absolute atomic E-state index is 13.4. The Balaban J connectivity index is 2.06. The van der Waals surface area contributed by atoms with Gasteiger partial charge >= 0.3 is 0 Å². The number of amides is 1. The Morgan fingerprint density at radius 2 is 1.75 bits per heavy atom. The fourth-order valence-corrected chi connectivity index (χ4v) is 4.82. The van der Waals surface area contributed by atoms with E-state index in [-0.39, 0.29) is 18.3 Å². The number of ether oxygens (including phenoxy) is 1. The summed E-state index contributed by atoms with van der Waals surface area (Å²) in [5.74, 6) is -0.229. The first-order valence-corrected chi connectivity index (χ1v) is 10.1. The van der Waals surface area contributed by atoms with Crippen molar-refractivity contribution in [3.63, 3.8) is 0 Å². The number of halogens is 1. The van der Waals surface area contributed by atoms with Gasteiger partial charge in [-0.15, -0.1) is 0 Å². The molecule has 1 saturated heterocycles. The Hall–Kier alpha value is -1.45. The molecule has 0 bridgehead atoms. The molecule has 154 valence electrons. The summed E-state index contributed by atoms with van der Waals surface area (Å²) in [5.41, 5.74) is 2.04. The molecule has 1 aromatic rings. The Morgan fingerprint density at radius 3 is 2.29 bits per heavy atom. The van der Waals surface area contributed by atoms with Crippen molar-refractivity contribution in [1.29, 1.82) is 0 Å². The summed E-state index contributed by atoms with van der Waals surface area (Å²) in [6, 6.07) is 3.90. The SMILES string of the molecule is COCCON1C(=O)C(c2c(C)cc(Br)cc2C)=C(O)C12CCN(OC)CC2. The van der Waals surface area contributed by atoms with Crippen LogP contribution in [0.2, 0.25) is 0 Å². The number of carbonyl (C=O) groups is 1. The van der Waals surface area contributed by atoms with Crippen LogP contribution in [0.5, 0.6) is 0 Å². The lowest BCUT2D eigenvalue weighted by Crippen LogP contribution is -2.55. The van der Waals surface area contributed by atoms with Crippen molar-refractivity contribution in [3.05, 3.63) is 39.1 Å². The van der Waals surface area contributed by atoms with Crippen molar-refractivity contribution in [3.8, 4) is 0 Å². The molecule has 1 amide bonds. The molecule has 7 nitrogen and oxygen atoms in total. The van der Waals surface area contributed by atoms with Gasteiger partial charge in [0.25, 0.3) is 5.91 Å². The zero-order chi connectivity index (χ0) is 20.5. The number of hydrogen-bond donors (Lipinski definition) is 1.